The van der Waals surface area contributed by atoms with E-state index in [2.05, 4.69) is 30.1 Å². The number of pyridine rings is 3. The van der Waals surface area contributed by atoms with Crippen molar-refractivity contribution in [1.29, 1.82) is 0 Å². The van der Waals surface area contributed by atoms with E-state index in [0.717, 1.165) is 21.0 Å². The lowest BCUT2D eigenvalue weighted by atomic mass is 10.1. The Hall–Kier alpha value is -4.16. The van der Waals surface area contributed by atoms with E-state index in [1.54, 1.807) is 34.7 Å². The second-order valence-electron chi connectivity index (χ2n) is 9.73. The van der Waals surface area contributed by atoms with E-state index in [0.29, 0.717) is 46.8 Å². The fourth-order valence-corrected chi connectivity index (χ4v) is 5.91. The second-order valence-corrected chi connectivity index (χ2v) is 11.0. The quantitative estimate of drug-likeness (QED) is 0.276. The third-order valence-corrected chi connectivity index (χ3v) is 7.87. The second kappa shape index (κ2) is 8.95. The van der Waals surface area contributed by atoms with Crippen LogP contribution in [0.3, 0.4) is 0 Å². The summed E-state index contributed by atoms with van der Waals surface area (Å²) in [6, 6.07) is 7.60. The highest BCUT2D eigenvalue weighted by Crippen LogP contribution is 2.35. The first kappa shape index (κ1) is 23.9. The Labute approximate surface area is 224 Å². The maximum atomic E-state index is 16.1. The van der Waals surface area contributed by atoms with Crippen LogP contribution < -0.4 is 0 Å². The molecule has 1 saturated heterocycles. The number of hydrogen-bond donors (Lipinski definition) is 2. The number of alkyl halides is 2. The molecular formula is C27H21F3N8S. The van der Waals surface area contributed by atoms with Crippen LogP contribution in [0.4, 0.5) is 13.2 Å². The minimum atomic E-state index is -2.68. The molecule has 0 amide bonds. The zero-order chi connectivity index (χ0) is 26.7. The van der Waals surface area contributed by atoms with E-state index in [1.807, 2.05) is 25.1 Å². The molecule has 2 N–H and O–H groups in total. The van der Waals surface area contributed by atoms with Gasteiger partial charge >= 0.3 is 0 Å². The number of likely N-dealkylation sites (tertiary alicyclic amines) is 1. The normalized spacial score (nSPS) is 15.6. The summed E-state index contributed by atoms with van der Waals surface area (Å²) in [6.07, 6.45) is 6.18. The van der Waals surface area contributed by atoms with E-state index >= 15 is 4.39 Å². The van der Waals surface area contributed by atoms with Crippen LogP contribution in [0.25, 0.3) is 55.3 Å². The Morgan fingerprint density at radius 2 is 1.95 bits per heavy atom. The zero-order valence-electron chi connectivity index (χ0n) is 20.7. The van der Waals surface area contributed by atoms with Crippen LogP contribution in [0.1, 0.15) is 16.9 Å². The average molecular weight is 547 g/mol. The summed E-state index contributed by atoms with van der Waals surface area (Å²) in [6.45, 7) is 2.34. The molecule has 1 aliphatic rings. The molecule has 0 aliphatic carbocycles. The smallest absolute Gasteiger partial charge is 0.261 e. The van der Waals surface area contributed by atoms with Crippen LogP contribution in [0.2, 0.25) is 0 Å². The molecule has 6 aromatic rings. The van der Waals surface area contributed by atoms with Crippen molar-refractivity contribution in [3.8, 4) is 33.3 Å². The van der Waals surface area contributed by atoms with Crippen molar-refractivity contribution < 1.29 is 13.2 Å². The van der Waals surface area contributed by atoms with Crippen molar-refractivity contribution >= 4 is 33.3 Å². The van der Waals surface area contributed by atoms with Gasteiger partial charge in [0.05, 0.1) is 34.0 Å². The first-order valence-corrected chi connectivity index (χ1v) is 13.2. The maximum Gasteiger partial charge on any atom is 0.261 e. The van der Waals surface area contributed by atoms with Gasteiger partial charge in [0, 0.05) is 48.5 Å². The van der Waals surface area contributed by atoms with Crippen LogP contribution in [-0.4, -0.2) is 59.0 Å². The monoisotopic (exact) mass is 546 g/mol. The number of hydrogen-bond acceptors (Lipinski definition) is 7. The number of rotatable bonds is 5. The predicted molar refractivity (Wildman–Crippen MR) is 143 cm³/mol. The van der Waals surface area contributed by atoms with Crippen LogP contribution in [-0.2, 0) is 6.54 Å². The van der Waals surface area contributed by atoms with Crippen molar-refractivity contribution in [2.24, 2.45) is 0 Å². The molecule has 1 fully saturated rings. The van der Waals surface area contributed by atoms with E-state index in [9.17, 15) is 8.78 Å². The molecule has 6 aromatic heterocycles. The molecule has 39 heavy (non-hydrogen) atoms. The number of aryl methyl sites for hydroxylation is 1. The van der Waals surface area contributed by atoms with Gasteiger partial charge in [-0.3, -0.25) is 25.0 Å². The van der Waals surface area contributed by atoms with Crippen molar-refractivity contribution in [1.82, 2.24) is 40.0 Å². The van der Waals surface area contributed by atoms with Gasteiger partial charge in [0.25, 0.3) is 5.92 Å². The third-order valence-electron chi connectivity index (χ3n) is 6.87. The van der Waals surface area contributed by atoms with Gasteiger partial charge in [-0.25, -0.2) is 18.2 Å². The maximum absolute atomic E-state index is 16.1. The van der Waals surface area contributed by atoms with Gasteiger partial charge < -0.3 is 4.98 Å². The number of aromatic nitrogens is 7. The molecule has 1 aliphatic heterocycles. The summed E-state index contributed by atoms with van der Waals surface area (Å²) < 4.78 is 43.3. The Kier molecular flexibility index (Phi) is 5.49. The fourth-order valence-electron chi connectivity index (χ4n) is 5.04. The minimum Gasteiger partial charge on any atom is -0.336 e. The van der Waals surface area contributed by atoms with E-state index in [1.165, 1.54) is 12.4 Å². The molecule has 7 rings (SSSR count). The van der Waals surface area contributed by atoms with Crippen molar-refractivity contribution in [2.75, 3.05) is 13.1 Å². The van der Waals surface area contributed by atoms with E-state index in [-0.39, 0.29) is 24.0 Å². The zero-order valence-corrected chi connectivity index (χ0v) is 21.5. The Morgan fingerprint density at radius 3 is 2.74 bits per heavy atom. The topological polar surface area (TPSA) is 99.3 Å². The molecule has 12 heteroatoms. The summed E-state index contributed by atoms with van der Waals surface area (Å²) in [5.41, 5.74) is 4.17. The van der Waals surface area contributed by atoms with Gasteiger partial charge in [-0.1, -0.05) is 0 Å². The summed E-state index contributed by atoms with van der Waals surface area (Å²) in [5, 5.41) is 7.44. The van der Waals surface area contributed by atoms with Crippen LogP contribution in [0, 0.1) is 12.7 Å². The van der Waals surface area contributed by atoms with Gasteiger partial charge in [-0.05, 0) is 36.8 Å². The van der Waals surface area contributed by atoms with E-state index in [4.69, 9.17) is 4.98 Å². The highest BCUT2D eigenvalue weighted by atomic mass is 32.1. The van der Waals surface area contributed by atoms with E-state index < -0.39 is 11.7 Å². The largest absolute Gasteiger partial charge is 0.336 e. The molecule has 0 bridgehead atoms. The molecule has 0 spiro atoms. The SMILES string of the molecule is Cc1ccc(-c2nccc3[nH]c(-c4n[nH]c5cnc(-c6cncc(CN7CCC(F)(F)C7)c6)c(F)c45)nc23)s1. The lowest BCUT2D eigenvalue weighted by Crippen LogP contribution is -2.24. The lowest BCUT2D eigenvalue weighted by molar-refractivity contribution is 0.0115. The highest BCUT2D eigenvalue weighted by Gasteiger charge is 2.38. The van der Waals surface area contributed by atoms with Gasteiger partial charge in [0.15, 0.2) is 11.6 Å². The summed E-state index contributed by atoms with van der Waals surface area (Å²) in [4.78, 5) is 24.9. The van der Waals surface area contributed by atoms with Crippen molar-refractivity contribution in [2.45, 2.75) is 25.8 Å². The van der Waals surface area contributed by atoms with Crippen molar-refractivity contribution in [3.63, 3.8) is 0 Å². The number of aromatic amines is 2. The first-order valence-electron chi connectivity index (χ1n) is 12.3. The number of nitrogens with zero attached hydrogens (tertiary/aromatic N) is 6. The molecule has 0 saturated carbocycles. The standard InChI is InChI=1S/C27H21F3N8S/c1-14-2-3-19(39-14)24-23-17(4-6-32-24)34-26(35-23)25-20-18(36-37-25)11-33-22(21(20)28)16-8-15(9-31-10-16)12-38-7-5-27(29,30)13-38/h2-4,6,8-11H,5,7,12-13H2,1H3,(H,34,35)(H,36,37). The summed E-state index contributed by atoms with van der Waals surface area (Å²) >= 11 is 1.63. The molecular weight excluding hydrogens is 525 g/mol. The number of halogens is 3. The van der Waals surface area contributed by atoms with Gasteiger partial charge in [-0.2, -0.15) is 5.10 Å². The molecule has 0 atom stereocenters. The number of fused-ring (bicyclic) bond motifs is 2. The molecule has 0 unspecified atom stereocenters. The first-order chi connectivity index (χ1) is 18.8. The molecule has 0 aromatic carbocycles. The van der Waals surface area contributed by atoms with Crippen molar-refractivity contribution in [3.05, 3.63) is 65.3 Å². The van der Waals surface area contributed by atoms with Gasteiger partial charge in [-0.15, -0.1) is 11.3 Å². The molecule has 8 nitrogen and oxygen atoms in total. The Morgan fingerprint density at radius 1 is 1.05 bits per heavy atom. The van der Waals surface area contributed by atoms with Crippen LogP contribution in [0.5, 0.6) is 0 Å². The fraction of sp³-hybridized carbons (Fsp3) is 0.222. The van der Waals surface area contributed by atoms with Crippen LogP contribution in [0.15, 0.2) is 49.1 Å². The highest BCUT2D eigenvalue weighted by molar-refractivity contribution is 7.15. The van der Waals surface area contributed by atoms with Gasteiger partial charge in [0.2, 0.25) is 0 Å². The summed E-state index contributed by atoms with van der Waals surface area (Å²) in [5.74, 6) is -2.86. The Balaban J connectivity index is 1.28. The minimum absolute atomic E-state index is 0.0961. The molecule has 0 radical (unpaired) electrons. The lowest BCUT2D eigenvalue weighted by Gasteiger charge is -2.15. The number of imidazole rings is 1. The predicted octanol–water partition coefficient (Wildman–Crippen LogP) is 5.98. The van der Waals surface area contributed by atoms with Crippen LogP contribution >= 0.6 is 11.3 Å². The average Bonchev–Trinajstić information content (AvgIpc) is 3.70. The number of thiophene rings is 1. The third kappa shape index (κ3) is 4.25. The number of H-pyrrole nitrogens is 2. The van der Waals surface area contributed by atoms with Gasteiger partial charge in [0.1, 0.15) is 22.6 Å². The molecule has 7 heterocycles. The number of nitrogens with one attached hydrogen (secondary N) is 2. The molecule has 196 valence electrons. The summed E-state index contributed by atoms with van der Waals surface area (Å²) in [7, 11) is 0. The Bertz CT molecular complexity index is 1860.